The molecule has 2 aromatic carbocycles. The number of rotatable bonds is 3. The molecule has 0 fully saturated rings. The van der Waals surface area contributed by atoms with Crippen LogP contribution in [-0.2, 0) is 0 Å². The molecule has 0 aliphatic carbocycles. The normalized spacial score (nSPS) is 12.4. The van der Waals surface area contributed by atoms with Crippen LogP contribution < -0.4 is 5.32 Å². The number of benzene rings is 2. The van der Waals surface area contributed by atoms with Gasteiger partial charge < -0.3 is 5.32 Å². The van der Waals surface area contributed by atoms with Gasteiger partial charge in [-0.1, -0.05) is 28.1 Å². The second kappa shape index (κ2) is 6.12. The van der Waals surface area contributed by atoms with Crippen molar-refractivity contribution in [3.8, 4) is 0 Å². The first kappa shape index (κ1) is 14.0. The molecule has 0 spiro atoms. The van der Waals surface area contributed by atoms with E-state index in [4.69, 9.17) is 0 Å². The molecule has 4 heteroatoms. The zero-order chi connectivity index (χ0) is 13.1. The molecule has 2 aromatic rings. The van der Waals surface area contributed by atoms with Crippen molar-refractivity contribution in [3.63, 3.8) is 0 Å². The molecule has 0 bridgehead atoms. The zero-order valence-electron chi connectivity index (χ0n) is 9.75. The predicted molar refractivity (Wildman–Crippen MR) is 84.2 cm³/mol. The van der Waals surface area contributed by atoms with Gasteiger partial charge in [0.15, 0.2) is 0 Å². The molecule has 2 rings (SSSR count). The third-order valence-electron chi connectivity index (χ3n) is 2.76. The van der Waals surface area contributed by atoms with E-state index in [1.807, 2.05) is 31.3 Å². The highest BCUT2D eigenvalue weighted by Gasteiger charge is 2.15. The van der Waals surface area contributed by atoms with Crippen molar-refractivity contribution < 1.29 is 4.39 Å². The molecule has 0 saturated heterocycles. The molecule has 18 heavy (non-hydrogen) atoms. The smallest absolute Gasteiger partial charge is 0.123 e. The number of hydrogen-bond donors (Lipinski definition) is 1. The largest absolute Gasteiger partial charge is 0.309 e. The van der Waals surface area contributed by atoms with E-state index in [2.05, 4.69) is 49.9 Å². The lowest BCUT2D eigenvalue weighted by Crippen LogP contribution is -2.18. The molecule has 0 aliphatic rings. The van der Waals surface area contributed by atoms with E-state index >= 15 is 0 Å². The van der Waals surface area contributed by atoms with Crippen LogP contribution in [0, 0.1) is 9.39 Å². The third-order valence-corrected chi connectivity index (χ3v) is 4.15. The van der Waals surface area contributed by atoms with Crippen LogP contribution in [0.1, 0.15) is 17.2 Å². The summed E-state index contributed by atoms with van der Waals surface area (Å²) >= 11 is 5.85. The van der Waals surface area contributed by atoms with E-state index in [-0.39, 0.29) is 11.9 Å². The molecular weight excluding hydrogens is 408 g/mol. The van der Waals surface area contributed by atoms with Crippen LogP contribution in [0.3, 0.4) is 0 Å². The van der Waals surface area contributed by atoms with E-state index in [1.165, 1.54) is 15.7 Å². The van der Waals surface area contributed by atoms with Gasteiger partial charge >= 0.3 is 0 Å². The second-order valence-corrected chi connectivity index (χ2v) is 6.04. The fourth-order valence-electron chi connectivity index (χ4n) is 1.89. The molecule has 1 atom stereocenters. The summed E-state index contributed by atoms with van der Waals surface area (Å²) < 4.78 is 15.2. The standard InChI is InChI=1S/C14H12BrFIN/c1-18-14(9-2-4-10(16)5-3-9)12-8-11(17)6-7-13(12)15/h2-8,14,18H,1H3. The van der Waals surface area contributed by atoms with Gasteiger partial charge in [-0.3, -0.25) is 0 Å². The van der Waals surface area contributed by atoms with E-state index < -0.39 is 0 Å². The first-order chi connectivity index (χ1) is 8.61. The Kier molecular flexibility index (Phi) is 4.75. The first-order valence-electron chi connectivity index (χ1n) is 5.49. The van der Waals surface area contributed by atoms with Gasteiger partial charge in [0.25, 0.3) is 0 Å². The number of nitrogens with one attached hydrogen (secondary N) is 1. The molecule has 94 valence electrons. The van der Waals surface area contributed by atoms with Crippen molar-refractivity contribution in [2.24, 2.45) is 0 Å². The van der Waals surface area contributed by atoms with Crippen LogP contribution in [0.4, 0.5) is 4.39 Å². The summed E-state index contributed by atoms with van der Waals surface area (Å²) in [5.41, 5.74) is 2.19. The average molecular weight is 420 g/mol. The van der Waals surface area contributed by atoms with Crippen molar-refractivity contribution in [2.45, 2.75) is 6.04 Å². The van der Waals surface area contributed by atoms with Crippen LogP contribution in [0.2, 0.25) is 0 Å². The Morgan fingerprint density at radius 1 is 1.17 bits per heavy atom. The van der Waals surface area contributed by atoms with Gasteiger partial charge in [0, 0.05) is 8.04 Å². The van der Waals surface area contributed by atoms with Crippen molar-refractivity contribution in [1.82, 2.24) is 5.32 Å². The van der Waals surface area contributed by atoms with Crippen molar-refractivity contribution >= 4 is 38.5 Å². The van der Waals surface area contributed by atoms with Gasteiger partial charge in [-0.15, -0.1) is 0 Å². The predicted octanol–water partition coefficient (Wildman–Crippen LogP) is 4.50. The Labute approximate surface area is 128 Å². The van der Waals surface area contributed by atoms with Gasteiger partial charge in [-0.05, 0) is 71.1 Å². The molecule has 0 heterocycles. The summed E-state index contributed by atoms with van der Waals surface area (Å²) in [5, 5.41) is 3.27. The summed E-state index contributed by atoms with van der Waals surface area (Å²) in [4.78, 5) is 0. The van der Waals surface area contributed by atoms with E-state index in [0.717, 1.165) is 15.6 Å². The van der Waals surface area contributed by atoms with Gasteiger partial charge in [-0.25, -0.2) is 4.39 Å². The number of halogens is 3. The van der Waals surface area contributed by atoms with Crippen LogP contribution in [0.25, 0.3) is 0 Å². The maximum Gasteiger partial charge on any atom is 0.123 e. The lowest BCUT2D eigenvalue weighted by molar-refractivity contribution is 0.623. The molecule has 0 radical (unpaired) electrons. The summed E-state index contributed by atoms with van der Waals surface area (Å²) in [6, 6.07) is 12.8. The SMILES string of the molecule is CNC(c1ccc(F)cc1)c1cc(I)ccc1Br. The monoisotopic (exact) mass is 419 g/mol. The Morgan fingerprint density at radius 3 is 2.44 bits per heavy atom. The maximum absolute atomic E-state index is 13.0. The van der Waals surface area contributed by atoms with Crippen LogP contribution >= 0.6 is 38.5 Å². The van der Waals surface area contributed by atoms with Gasteiger partial charge in [0.1, 0.15) is 5.82 Å². The minimum Gasteiger partial charge on any atom is -0.309 e. The van der Waals surface area contributed by atoms with Crippen molar-refractivity contribution in [1.29, 1.82) is 0 Å². The van der Waals surface area contributed by atoms with E-state index in [1.54, 1.807) is 0 Å². The lowest BCUT2D eigenvalue weighted by Gasteiger charge is -2.19. The molecular formula is C14H12BrFIN. The highest BCUT2D eigenvalue weighted by molar-refractivity contribution is 14.1. The van der Waals surface area contributed by atoms with Crippen molar-refractivity contribution in [2.75, 3.05) is 7.05 Å². The summed E-state index contributed by atoms with van der Waals surface area (Å²) in [6.07, 6.45) is 0. The summed E-state index contributed by atoms with van der Waals surface area (Å²) in [7, 11) is 1.90. The highest BCUT2D eigenvalue weighted by atomic mass is 127. The third kappa shape index (κ3) is 3.10. The molecule has 1 nitrogen and oxygen atoms in total. The molecule has 1 N–H and O–H groups in total. The number of hydrogen-bond acceptors (Lipinski definition) is 1. The van der Waals surface area contributed by atoms with Crippen molar-refractivity contribution in [3.05, 3.63) is 67.5 Å². The summed E-state index contributed by atoms with van der Waals surface area (Å²) in [5.74, 6) is -0.213. The Morgan fingerprint density at radius 2 is 1.83 bits per heavy atom. The fourth-order valence-corrected chi connectivity index (χ4v) is 2.88. The Bertz CT molecular complexity index is 542. The minimum atomic E-state index is -0.213. The van der Waals surface area contributed by atoms with Gasteiger partial charge in [-0.2, -0.15) is 0 Å². The zero-order valence-corrected chi connectivity index (χ0v) is 13.5. The van der Waals surface area contributed by atoms with Gasteiger partial charge in [0.05, 0.1) is 6.04 Å². The molecule has 1 unspecified atom stereocenters. The van der Waals surface area contributed by atoms with Gasteiger partial charge in [0.2, 0.25) is 0 Å². The molecule has 0 aromatic heterocycles. The second-order valence-electron chi connectivity index (χ2n) is 3.94. The summed E-state index contributed by atoms with van der Waals surface area (Å²) in [6.45, 7) is 0. The Balaban J connectivity index is 2.44. The van der Waals surface area contributed by atoms with E-state index in [9.17, 15) is 4.39 Å². The Hall–Kier alpha value is -0.460. The van der Waals surface area contributed by atoms with Crippen LogP contribution in [-0.4, -0.2) is 7.05 Å². The fraction of sp³-hybridized carbons (Fsp3) is 0.143. The molecule has 0 saturated carbocycles. The highest BCUT2D eigenvalue weighted by Crippen LogP contribution is 2.29. The van der Waals surface area contributed by atoms with Crippen LogP contribution in [0.15, 0.2) is 46.9 Å². The quantitative estimate of drug-likeness (QED) is 0.722. The molecule has 0 amide bonds. The van der Waals surface area contributed by atoms with Crippen LogP contribution in [0.5, 0.6) is 0 Å². The molecule has 0 aliphatic heterocycles. The maximum atomic E-state index is 13.0. The first-order valence-corrected chi connectivity index (χ1v) is 7.36. The average Bonchev–Trinajstić information content (AvgIpc) is 2.37. The van der Waals surface area contributed by atoms with E-state index in [0.29, 0.717) is 0 Å². The lowest BCUT2D eigenvalue weighted by atomic mass is 9.99. The minimum absolute atomic E-state index is 0.0506. The topological polar surface area (TPSA) is 12.0 Å².